The lowest BCUT2D eigenvalue weighted by Gasteiger charge is -2.53. The first-order chi connectivity index (χ1) is 17.7. The van der Waals surface area contributed by atoms with Gasteiger partial charge in [0.2, 0.25) is 5.95 Å². The molecule has 0 unspecified atom stereocenters. The van der Waals surface area contributed by atoms with Crippen molar-refractivity contribution in [1.82, 2.24) is 19.9 Å². The van der Waals surface area contributed by atoms with Crippen molar-refractivity contribution in [2.24, 2.45) is 5.41 Å². The van der Waals surface area contributed by atoms with Crippen molar-refractivity contribution in [2.75, 3.05) is 43.5 Å². The van der Waals surface area contributed by atoms with E-state index >= 15 is 0 Å². The Hall–Kier alpha value is -3.58. The molecular weight excluding hydrogens is 448 g/mol. The molecule has 7 rings (SSSR count). The summed E-state index contributed by atoms with van der Waals surface area (Å²) in [5, 5.41) is 8.12. The SMILES string of the molecule is COc1cc(N2CC3(CCNCC3)C2)ccc1Nc1nccc(-c2cn(C3CC3)c3ccccc23)n1. The maximum Gasteiger partial charge on any atom is 0.227 e. The number of nitrogens with zero attached hydrogens (tertiary/aromatic N) is 4. The fourth-order valence-corrected chi connectivity index (χ4v) is 5.95. The summed E-state index contributed by atoms with van der Waals surface area (Å²) in [6, 6.07) is 17.6. The molecule has 7 heteroatoms. The predicted octanol–water partition coefficient (Wildman–Crippen LogP) is 5.38. The second kappa shape index (κ2) is 8.52. The lowest BCUT2D eigenvalue weighted by atomic mass is 9.72. The highest BCUT2D eigenvalue weighted by molar-refractivity contribution is 5.95. The monoisotopic (exact) mass is 480 g/mol. The van der Waals surface area contributed by atoms with E-state index in [0.717, 1.165) is 48.9 Å². The van der Waals surface area contributed by atoms with E-state index in [0.29, 0.717) is 17.4 Å². The summed E-state index contributed by atoms with van der Waals surface area (Å²) in [7, 11) is 1.72. The number of anilines is 3. The Morgan fingerprint density at radius 3 is 2.69 bits per heavy atom. The largest absolute Gasteiger partial charge is 0.494 e. The smallest absolute Gasteiger partial charge is 0.227 e. The number of hydrogen-bond acceptors (Lipinski definition) is 6. The van der Waals surface area contributed by atoms with Crippen LogP contribution in [0.1, 0.15) is 31.7 Å². The molecular formula is C29H32N6O. The first-order valence-corrected chi connectivity index (χ1v) is 13.1. The van der Waals surface area contributed by atoms with Crippen molar-refractivity contribution in [3.05, 3.63) is 60.9 Å². The first kappa shape index (κ1) is 21.7. The van der Waals surface area contributed by atoms with Crippen LogP contribution in [-0.4, -0.2) is 47.8 Å². The Balaban J connectivity index is 1.14. The van der Waals surface area contributed by atoms with E-state index in [2.05, 4.69) is 73.7 Å². The van der Waals surface area contributed by atoms with Crippen LogP contribution in [0, 0.1) is 5.41 Å². The number of fused-ring (bicyclic) bond motifs is 1. The second-order valence-corrected chi connectivity index (χ2v) is 10.6. The van der Waals surface area contributed by atoms with Crippen LogP contribution in [0.2, 0.25) is 0 Å². The molecule has 36 heavy (non-hydrogen) atoms. The Morgan fingerprint density at radius 1 is 1.06 bits per heavy atom. The minimum absolute atomic E-state index is 0.492. The Bertz CT molecular complexity index is 1410. The molecule has 3 fully saturated rings. The van der Waals surface area contributed by atoms with E-state index in [1.54, 1.807) is 7.11 Å². The van der Waals surface area contributed by atoms with Crippen molar-refractivity contribution in [2.45, 2.75) is 31.7 Å². The molecule has 184 valence electrons. The van der Waals surface area contributed by atoms with Gasteiger partial charge < -0.3 is 24.8 Å². The highest BCUT2D eigenvalue weighted by Gasteiger charge is 2.43. The summed E-state index contributed by atoms with van der Waals surface area (Å²) >= 11 is 0. The normalized spacial score (nSPS) is 18.9. The van der Waals surface area contributed by atoms with Gasteiger partial charge in [0.05, 0.1) is 18.5 Å². The van der Waals surface area contributed by atoms with Gasteiger partial charge in [-0.3, -0.25) is 0 Å². The van der Waals surface area contributed by atoms with Crippen molar-refractivity contribution < 1.29 is 4.74 Å². The highest BCUT2D eigenvalue weighted by atomic mass is 16.5. The third-order valence-electron chi connectivity index (χ3n) is 8.13. The lowest BCUT2D eigenvalue weighted by Crippen LogP contribution is -2.60. The van der Waals surface area contributed by atoms with Gasteiger partial charge in [0, 0.05) is 65.2 Å². The molecule has 2 aliphatic heterocycles. The van der Waals surface area contributed by atoms with Gasteiger partial charge in [-0.2, -0.15) is 0 Å². The summed E-state index contributed by atoms with van der Waals surface area (Å²) in [4.78, 5) is 11.9. The van der Waals surface area contributed by atoms with Crippen LogP contribution in [0.5, 0.6) is 5.75 Å². The summed E-state index contributed by atoms with van der Waals surface area (Å²) in [6.07, 6.45) is 9.13. The molecule has 2 saturated heterocycles. The molecule has 3 aliphatic rings. The molecule has 0 bridgehead atoms. The quantitative estimate of drug-likeness (QED) is 0.387. The van der Waals surface area contributed by atoms with E-state index in [-0.39, 0.29) is 0 Å². The number of rotatable bonds is 6. The summed E-state index contributed by atoms with van der Waals surface area (Å²) in [6.45, 7) is 4.54. The summed E-state index contributed by atoms with van der Waals surface area (Å²) in [5.41, 5.74) is 5.92. The number of aromatic nitrogens is 3. The van der Waals surface area contributed by atoms with Crippen molar-refractivity contribution in [3.63, 3.8) is 0 Å². The lowest BCUT2D eigenvalue weighted by molar-refractivity contribution is 0.150. The number of ether oxygens (including phenoxy) is 1. The highest BCUT2D eigenvalue weighted by Crippen LogP contribution is 2.43. The molecule has 1 aliphatic carbocycles. The van der Waals surface area contributed by atoms with Gasteiger partial charge in [0.25, 0.3) is 0 Å². The van der Waals surface area contributed by atoms with E-state index in [9.17, 15) is 0 Å². The number of nitrogens with one attached hydrogen (secondary N) is 2. The molecule has 2 N–H and O–H groups in total. The number of methoxy groups -OCH3 is 1. The second-order valence-electron chi connectivity index (χ2n) is 10.6. The van der Waals surface area contributed by atoms with E-state index in [1.165, 1.54) is 42.3 Å². The van der Waals surface area contributed by atoms with Gasteiger partial charge in [0.15, 0.2) is 0 Å². The minimum atomic E-state index is 0.492. The van der Waals surface area contributed by atoms with Crippen LogP contribution in [0.4, 0.5) is 17.3 Å². The minimum Gasteiger partial charge on any atom is -0.494 e. The maximum absolute atomic E-state index is 5.77. The van der Waals surface area contributed by atoms with Gasteiger partial charge in [-0.05, 0) is 63.0 Å². The number of benzene rings is 2. The van der Waals surface area contributed by atoms with Crippen molar-refractivity contribution >= 4 is 28.2 Å². The standard InChI is InChI=1S/C29H32N6O/c1-36-27-16-21(34-18-29(19-34)11-14-30-15-12-29)8-9-25(27)33-28-31-13-10-24(32-28)23-17-35(20-6-7-20)26-5-3-2-4-22(23)26/h2-5,8-10,13,16-17,20,30H,6-7,11-12,14-15,18-19H2,1H3,(H,31,32,33). The summed E-state index contributed by atoms with van der Waals surface area (Å²) in [5.74, 6) is 1.37. The first-order valence-electron chi connectivity index (χ1n) is 13.1. The summed E-state index contributed by atoms with van der Waals surface area (Å²) < 4.78 is 8.17. The number of hydrogen-bond donors (Lipinski definition) is 2. The Labute approximate surface area is 211 Å². The van der Waals surface area contributed by atoms with Crippen LogP contribution in [0.25, 0.3) is 22.2 Å². The van der Waals surface area contributed by atoms with E-state index in [4.69, 9.17) is 9.72 Å². The number of piperidine rings is 1. The van der Waals surface area contributed by atoms with E-state index in [1.807, 2.05) is 12.3 Å². The molecule has 0 radical (unpaired) electrons. The maximum atomic E-state index is 5.77. The predicted molar refractivity (Wildman–Crippen MR) is 144 cm³/mol. The zero-order valence-electron chi connectivity index (χ0n) is 20.7. The van der Waals surface area contributed by atoms with Crippen molar-refractivity contribution in [1.29, 1.82) is 0 Å². The molecule has 0 amide bonds. The van der Waals surface area contributed by atoms with Gasteiger partial charge >= 0.3 is 0 Å². The fourth-order valence-electron chi connectivity index (χ4n) is 5.95. The van der Waals surface area contributed by atoms with Gasteiger partial charge in [-0.25, -0.2) is 9.97 Å². The van der Waals surface area contributed by atoms with Gasteiger partial charge in [-0.15, -0.1) is 0 Å². The zero-order valence-corrected chi connectivity index (χ0v) is 20.7. The molecule has 7 nitrogen and oxygen atoms in total. The molecule has 2 aromatic carbocycles. The molecule has 2 aromatic heterocycles. The molecule has 4 aromatic rings. The fraction of sp³-hybridized carbons (Fsp3) is 0.379. The Kier molecular flexibility index (Phi) is 5.13. The Morgan fingerprint density at radius 2 is 1.89 bits per heavy atom. The zero-order chi connectivity index (χ0) is 24.1. The van der Waals surface area contributed by atoms with Gasteiger partial charge in [0.1, 0.15) is 5.75 Å². The van der Waals surface area contributed by atoms with Crippen LogP contribution in [0.15, 0.2) is 60.9 Å². The van der Waals surface area contributed by atoms with Crippen molar-refractivity contribution in [3.8, 4) is 17.0 Å². The van der Waals surface area contributed by atoms with Gasteiger partial charge in [-0.1, -0.05) is 18.2 Å². The van der Waals surface area contributed by atoms with Crippen LogP contribution < -0.4 is 20.3 Å². The third-order valence-corrected chi connectivity index (χ3v) is 8.13. The molecule has 0 atom stereocenters. The molecule has 1 saturated carbocycles. The molecule has 4 heterocycles. The average Bonchev–Trinajstić information content (AvgIpc) is 3.68. The van der Waals surface area contributed by atoms with Crippen LogP contribution in [-0.2, 0) is 0 Å². The number of para-hydroxylation sites is 1. The molecule has 1 spiro atoms. The van der Waals surface area contributed by atoms with E-state index < -0.39 is 0 Å². The van der Waals surface area contributed by atoms with Crippen LogP contribution >= 0.6 is 0 Å². The average molecular weight is 481 g/mol. The third kappa shape index (κ3) is 3.78. The van der Waals surface area contributed by atoms with Crippen LogP contribution in [0.3, 0.4) is 0 Å². The topological polar surface area (TPSA) is 67.2 Å².